The summed E-state index contributed by atoms with van der Waals surface area (Å²) in [6.45, 7) is 3.17. The van der Waals surface area contributed by atoms with Crippen molar-refractivity contribution in [1.82, 2.24) is 9.97 Å². The van der Waals surface area contributed by atoms with E-state index >= 15 is 0 Å². The molecule has 112 valence electrons. The van der Waals surface area contributed by atoms with Crippen LogP contribution in [0, 0.1) is 10.1 Å². The van der Waals surface area contributed by atoms with E-state index in [9.17, 15) is 10.1 Å². The first kappa shape index (κ1) is 14.1. The number of benzene rings is 1. The smallest absolute Gasteiger partial charge is 0.311 e. The number of nitro groups is 1. The molecule has 6 nitrogen and oxygen atoms in total. The average molecular weight is 296 g/mol. The molecule has 2 aromatic heterocycles. The molecule has 0 aliphatic heterocycles. The standard InChI is InChI=1S/C16H16N4O2/c1-2-19(16-15(20(21)22)8-5-9-17-16)11-12-10-18-14-7-4-3-6-13(12)14/h3-10,18H,2,11H2,1H3. The molecule has 0 fully saturated rings. The van der Waals surface area contributed by atoms with Gasteiger partial charge in [0.1, 0.15) is 0 Å². The molecule has 0 saturated carbocycles. The van der Waals surface area contributed by atoms with Crippen LogP contribution in [0.1, 0.15) is 12.5 Å². The van der Waals surface area contributed by atoms with Crippen LogP contribution in [0.4, 0.5) is 11.5 Å². The summed E-state index contributed by atoms with van der Waals surface area (Å²) in [6.07, 6.45) is 3.53. The highest BCUT2D eigenvalue weighted by Gasteiger charge is 2.20. The van der Waals surface area contributed by atoms with Gasteiger partial charge in [-0.15, -0.1) is 0 Å². The summed E-state index contributed by atoms with van der Waals surface area (Å²) in [5.41, 5.74) is 2.19. The van der Waals surface area contributed by atoms with E-state index in [1.165, 1.54) is 6.07 Å². The van der Waals surface area contributed by atoms with E-state index < -0.39 is 0 Å². The van der Waals surface area contributed by atoms with Crippen LogP contribution in [0.2, 0.25) is 0 Å². The van der Waals surface area contributed by atoms with Crippen LogP contribution in [0.15, 0.2) is 48.8 Å². The van der Waals surface area contributed by atoms with E-state index in [2.05, 4.69) is 9.97 Å². The van der Waals surface area contributed by atoms with Gasteiger partial charge in [-0.3, -0.25) is 10.1 Å². The van der Waals surface area contributed by atoms with Crippen LogP contribution in [-0.4, -0.2) is 21.4 Å². The minimum Gasteiger partial charge on any atom is -0.361 e. The Bertz CT molecular complexity index is 813. The van der Waals surface area contributed by atoms with Crippen molar-refractivity contribution in [3.05, 3.63) is 64.5 Å². The van der Waals surface area contributed by atoms with Crippen LogP contribution < -0.4 is 4.90 Å². The number of fused-ring (bicyclic) bond motifs is 1. The molecule has 0 aliphatic rings. The van der Waals surface area contributed by atoms with Crippen molar-refractivity contribution in [2.45, 2.75) is 13.5 Å². The van der Waals surface area contributed by atoms with Crippen molar-refractivity contribution in [3.8, 4) is 0 Å². The van der Waals surface area contributed by atoms with Crippen molar-refractivity contribution >= 4 is 22.4 Å². The highest BCUT2D eigenvalue weighted by atomic mass is 16.6. The number of nitrogens with one attached hydrogen (secondary N) is 1. The second kappa shape index (κ2) is 5.85. The minimum absolute atomic E-state index is 0.0317. The van der Waals surface area contributed by atoms with Crippen LogP contribution in [0.5, 0.6) is 0 Å². The molecule has 0 atom stereocenters. The first-order valence-electron chi connectivity index (χ1n) is 7.10. The highest BCUT2D eigenvalue weighted by Crippen LogP contribution is 2.27. The number of anilines is 1. The predicted octanol–water partition coefficient (Wildman–Crippen LogP) is 3.50. The van der Waals surface area contributed by atoms with Gasteiger partial charge in [0, 0.05) is 42.5 Å². The van der Waals surface area contributed by atoms with E-state index in [1.807, 2.05) is 42.3 Å². The summed E-state index contributed by atoms with van der Waals surface area (Å²) in [4.78, 5) is 20.1. The third-order valence-electron chi connectivity index (χ3n) is 3.68. The van der Waals surface area contributed by atoms with Crippen molar-refractivity contribution in [1.29, 1.82) is 0 Å². The maximum Gasteiger partial charge on any atom is 0.311 e. The van der Waals surface area contributed by atoms with Crippen molar-refractivity contribution in [2.75, 3.05) is 11.4 Å². The molecule has 0 amide bonds. The Kier molecular flexibility index (Phi) is 3.74. The normalized spacial score (nSPS) is 10.8. The summed E-state index contributed by atoms with van der Waals surface area (Å²) >= 11 is 0. The Morgan fingerprint density at radius 2 is 2.09 bits per heavy atom. The first-order valence-corrected chi connectivity index (χ1v) is 7.10. The highest BCUT2D eigenvalue weighted by molar-refractivity contribution is 5.83. The van der Waals surface area contributed by atoms with Gasteiger partial charge in [0.25, 0.3) is 0 Å². The van der Waals surface area contributed by atoms with E-state index in [-0.39, 0.29) is 10.6 Å². The van der Waals surface area contributed by atoms with Crippen molar-refractivity contribution in [3.63, 3.8) is 0 Å². The molecule has 0 unspecified atom stereocenters. The third-order valence-corrected chi connectivity index (χ3v) is 3.68. The summed E-state index contributed by atoms with van der Waals surface area (Å²) in [5.74, 6) is 0.403. The lowest BCUT2D eigenvalue weighted by Gasteiger charge is -2.21. The zero-order chi connectivity index (χ0) is 15.5. The van der Waals surface area contributed by atoms with E-state index in [4.69, 9.17) is 0 Å². The van der Waals surface area contributed by atoms with Gasteiger partial charge in [-0.1, -0.05) is 18.2 Å². The Balaban J connectivity index is 1.97. The number of hydrogen-bond donors (Lipinski definition) is 1. The number of aromatic amines is 1. The zero-order valence-electron chi connectivity index (χ0n) is 12.2. The fourth-order valence-electron chi connectivity index (χ4n) is 2.58. The second-order valence-corrected chi connectivity index (χ2v) is 4.98. The molecular weight excluding hydrogens is 280 g/mol. The fraction of sp³-hybridized carbons (Fsp3) is 0.188. The largest absolute Gasteiger partial charge is 0.361 e. The quantitative estimate of drug-likeness (QED) is 0.577. The number of rotatable bonds is 5. The Morgan fingerprint density at radius 3 is 2.86 bits per heavy atom. The summed E-state index contributed by atoms with van der Waals surface area (Å²) in [5, 5.41) is 12.3. The van der Waals surface area contributed by atoms with Crippen LogP contribution >= 0.6 is 0 Å². The molecular formula is C16H16N4O2. The Morgan fingerprint density at radius 1 is 1.27 bits per heavy atom. The summed E-state index contributed by atoms with van der Waals surface area (Å²) in [6, 6.07) is 11.1. The van der Waals surface area contributed by atoms with Gasteiger partial charge in [-0.2, -0.15) is 0 Å². The number of aromatic nitrogens is 2. The molecule has 1 aromatic carbocycles. The van der Waals surface area contributed by atoms with Crippen LogP contribution in [0.25, 0.3) is 10.9 Å². The van der Waals surface area contributed by atoms with Gasteiger partial charge in [0.15, 0.2) is 0 Å². The van der Waals surface area contributed by atoms with Crippen LogP contribution in [-0.2, 0) is 6.54 Å². The maximum absolute atomic E-state index is 11.2. The van der Waals surface area contributed by atoms with Gasteiger partial charge < -0.3 is 9.88 Å². The summed E-state index contributed by atoms with van der Waals surface area (Å²) in [7, 11) is 0. The van der Waals surface area contributed by atoms with Crippen LogP contribution in [0.3, 0.4) is 0 Å². The van der Waals surface area contributed by atoms with Crippen molar-refractivity contribution < 1.29 is 4.92 Å². The predicted molar refractivity (Wildman–Crippen MR) is 85.9 cm³/mol. The average Bonchev–Trinajstić information content (AvgIpc) is 2.95. The van der Waals surface area contributed by atoms with Gasteiger partial charge in [-0.05, 0) is 24.6 Å². The number of nitrogens with zero attached hydrogens (tertiary/aromatic N) is 3. The number of hydrogen-bond acceptors (Lipinski definition) is 4. The number of para-hydroxylation sites is 1. The van der Waals surface area contributed by atoms with Gasteiger partial charge in [0.05, 0.1) is 4.92 Å². The maximum atomic E-state index is 11.2. The third kappa shape index (κ3) is 2.50. The molecule has 3 aromatic rings. The van der Waals surface area contributed by atoms with E-state index in [0.717, 1.165) is 16.5 Å². The molecule has 0 spiro atoms. The molecule has 0 aliphatic carbocycles. The number of pyridine rings is 1. The minimum atomic E-state index is -0.389. The molecule has 0 saturated heterocycles. The molecule has 2 heterocycles. The van der Waals surface area contributed by atoms with E-state index in [1.54, 1.807) is 12.3 Å². The second-order valence-electron chi connectivity index (χ2n) is 4.98. The van der Waals surface area contributed by atoms with Gasteiger partial charge in [-0.25, -0.2) is 4.98 Å². The SMILES string of the molecule is CCN(Cc1c[nH]c2ccccc12)c1ncccc1[N+](=O)[O-]. The molecule has 0 bridgehead atoms. The molecule has 6 heteroatoms. The summed E-state index contributed by atoms with van der Waals surface area (Å²) < 4.78 is 0. The van der Waals surface area contributed by atoms with E-state index in [0.29, 0.717) is 18.9 Å². The lowest BCUT2D eigenvalue weighted by molar-refractivity contribution is -0.384. The Labute approximate surface area is 127 Å². The lowest BCUT2D eigenvalue weighted by atomic mass is 10.1. The zero-order valence-corrected chi connectivity index (χ0v) is 12.2. The Hall–Kier alpha value is -2.89. The lowest BCUT2D eigenvalue weighted by Crippen LogP contribution is -2.23. The number of H-pyrrole nitrogens is 1. The first-order chi connectivity index (χ1) is 10.7. The molecule has 3 rings (SSSR count). The molecule has 22 heavy (non-hydrogen) atoms. The van der Waals surface area contributed by atoms with Gasteiger partial charge in [0.2, 0.25) is 5.82 Å². The molecule has 0 radical (unpaired) electrons. The van der Waals surface area contributed by atoms with Gasteiger partial charge >= 0.3 is 5.69 Å². The topological polar surface area (TPSA) is 75.1 Å². The monoisotopic (exact) mass is 296 g/mol. The fourth-order valence-corrected chi connectivity index (χ4v) is 2.58. The molecule has 1 N–H and O–H groups in total. The van der Waals surface area contributed by atoms with Crippen molar-refractivity contribution in [2.24, 2.45) is 0 Å².